The standard InChI is InChI=1S/C26H24Cl2O4S/c1-2-33(30,31)23-10-5-19(6-11-23)16-21(29)15-18-3-8-22(9-4-18)32-26(13-14-26)20-7-12-24(27)25(28)17-20/h3-12,17H,2,13-16H2,1H3. The van der Waals surface area contributed by atoms with Gasteiger partial charge in [-0.3, -0.25) is 4.79 Å². The summed E-state index contributed by atoms with van der Waals surface area (Å²) in [7, 11) is -3.24. The summed E-state index contributed by atoms with van der Waals surface area (Å²) in [5.74, 6) is 0.853. The second kappa shape index (κ2) is 9.49. The van der Waals surface area contributed by atoms with Crippen LogP contribution < -0.4 is 4.74 Å². The zero-order valence-electron chi connectivity index (χ0n) is 18.2. The Balaban J connectivity index is 1.36. The first-order valence-corrected chi connectivity index (χ1v) is 13.2. The molecule has 172 valence electrons. The fourth-order valence-electron chi connectivity index (χ4n) is 3.74. The molecule has 0 atom stereocenters. The average molecular weight is 503 g/mol. The lowest BCUT2D eigenvalue weighted by atomic mass is 10.0. The second-order valence-corrected chi connectivity index (χ2v) is 11.4. The van der Waals surface area contributed by atoms with E-state index in [0.29, 0.717) is 16.5 Å². The van der Waals surface area contributed by atoms with Crippen molar-refractivity contribution in [2.24, 2.45) is 0 Å². The van der Waals surface area contributed by atoms with E-state index in [0.717, 1.165) is 35.3 Å². The van der Waals surface area contributed by atoms with Crippen molar-refractivity contribution in [3.8, 4) is 5.75 Å². The Bertz CT molecular complexity index is 1260. The quantitative estimate of drug-likeness (QED) is 0.348. The number of Topliss-reactive ketones (excluding diaryl/α,β-unsaturated/α-hetero) is 1. The third kappa shape index (κ3) is 5.60. The second-order valence-electron chi connectivity index (χ2n) is 8.31. The van der Waals surface area contributed by atoms with Crippen LogP contribution in [0, 0.1) is 0 Å². The first-order valence-electron chi connectivity index (χ1n) is 10.8. The SMILES string of the molecule is CCS(=O)(=O)c1ccc(CC(=O)Cc2ccc(OC3(c4ccc(Cl)c(Cl)c4)CC3)cc2)cc1. The van der Waals surface area contributed by atoms with Crippen LogP contribution >= 0.6 is 23.2 Å². The van der Waals surface area contributed by atoms with Crippen LogP contribution in [0.2, 0.25) is 10.0 Å². The molecule has 0 heterocycles. The molecule has 3 aromatic carbocycles. The molecule has 1 aliphatic carbocycles. The minimum atomic E-state index is -3.24. The van der Waals surface area contributed by atoms with Crippen molar-refractivity contribution in [1.82, 2.24) is 0 Å². The molecule has 0 saturated heterocycles. The van der Waals surface area contributed by atoms with Crippen molar-refractivity contribution >= 4 is 38.8 Å². The normalized spacial score (nSPS) is 14.6. The Morgan fingerprint density at radius 3 is 1.97 bits per heavy atom. The van der Waals surface area contributed by atoms with Gasteiger partial charge in [0.2, 0.25) is 0 Å². The van der Waals surface area contributed by atoms with E-state index in [1.54, 1.807) is 37.3 Å². The van der Waals surface area contributed by atoms with Crippen molar-refractivity contribution in [2.75, 3.05) is 5.75 Å². The van der Waals surface area contributed by atoms with Crippen LogP contribution in [-0.2, 0) is 33.1 Å². The summed E-state index contributed by atoms with van der Waals surface area (Å²) in [5.41, 5.74) is 2.33. The fourth-order valence-corrected chi connectivity index (χ4v) is 4.92. The lowest BCUT2D eigenvalue weighted by molar-refractivity contribution is -0.117. The molecule has 1 saturated carbocycles. The Morgan fingerprint density at radius 1 is 0.879 bits per heavy atom. The molecule has 0 radical (unpaired) electrons. The van der Waals surface area contributed by atoms with Crippen molar-refractivity contribution in [2.45, 2.75) is 43.1 Å². The highest BCUT2D eigenvalue weighted by Gasteiger charge is 2.47. The number of rotatable bonds is 9. The average Bonchev–Trinajstić information content (AvgIpc) is 3.58. The van der Waals surface area contributed by atoms with Gasteiger partial charge in [0, 0.05) is 12.8 Å². The molecule has 0 amide bonds. The van der Waals surface area contributed by atoms with Crippen molar-refractivity contribution in [3.63, 3.8) is 0 Å². The fraction of sp³-hybridized carbons (Fsp3) is 0.269. The zero-order valence-corrected chi connectivity index (χ0v) is 20.5. The van der Waals surface area contributed by atoms with Crippen LogP contribution in [0.5, 0.6) is 5.75 Å². The largest absolute Gasteiger partial charge is 0.483 e. The number of hydrogen-bond acceptors (Lipinski definition) is 4. The third-order valence-corrected chi connectivity index (χ3v) is 8.34. The molecule has 4 rings (SSSR count). The topological polar surface area (TPSA) is 60.4 Å². The van der Waals surface area contributed by atoms with Gasteiger partial charge in [0.05, 0.1) is 20.7 Å². The molecule has 1 fully saturated rings. The maximum Gasteiger partial charge on any atom is 0.178 e. The highest BCUT2D eigenvalue weighted by molar-refractivity contribution is 7.91. The lowest BCUT2D eigenvalue weighted by Crippen LogP contribution is -2.15. The summed E-state index contributed by atoms with van der Waals surface area (Å²) in [5, 5.41) is 1.03. The van der Waals surface area contributed by atoms with Crippen molar-refractivity contribution in [1.29, 1.82) is 0 Å². The smallest absolute Gasteiger partial charge is 0.178 e. The summed E-state index contributed by atoms with van der Waals surface area (Å²) in [6.45, 7) is 1.61. The van der Waals surface area contributed by atoms with Crippen LogP contribution in [0.1, 0.15) is 36.5 Å². The minimum absolute atomic E-state index is 0.0551. The molecule has 0 unspecified atom stereocenters. The van der Waals surface area contributed by atoms with Gasteiger partial charge in [0.25, 0.3) is 0 Å². The van der Waals surface area contributed by atoms with E-state index in [1.807, 2.05) is 36.4 Å². The number of ether oxygens (including phenoxy) is 1. The molecule has 0 aliphatic heterocycles. The molecule has 0 bridgehead atoms. The van der Waals surface area contributed by atoms with E-state index in [9.17, 15) is 13.2 Å². The number of ketones is 1. The molecule has 33 heavy (non-hydrogen) atoms. The van der Waals surface area contributed by atoms with Gasteiger partial charge in [-0.1, -0.05) is 60.5 Å². The summed E-state index contributed by atoms with van der Waals surface area (Å²) >= 11 is 12.2. The van der Waals surface area contributed by atoms with Crippen LogP contribution in [-0.4, -0.2) is 20.0 Å². The Labute approximate surface area is 204 Å². The summed E-state index contributed by atoms with van der Waals surface area (Å²) in [6, 6.07) is 19.7. The predicted molar refractivity (Wildman–Crippen MR) is 131 cm³/mol. The molecule has 4 nitrogen and oxygen atoms in total. The van der Waals surface area contributed by atoms with Gasteiger partial charge in [-0.25, -0.2) is 8.42 Å². The predicted octanol–water partition coefficient (Wildman–Crippen LogP) is 6.21. The Kier molecular flexibility index (Phi) is 6.85. The van der Waals surface area contributed by atoms with Gasteiger partial charge in [0.1, 0.15) is 17.1 Å². The number of carbonyl (C=O) groups is 1. The molecule has 7 heteroatoms. The maximum atomic E-state index is 12.5. The van der Waals surface area contributed by atoms with E-state index in [4.69, 9.17) is 27.9 Å². The summed E-state index contributed by atoms with van der Waals surface area (Å²) in [4.78, 5) is 12.8. The number of benzene rings is 3. The van der Waals surface area contributed by atoms with Gasteiger partial charge in [-0.05, 0) is 65.9 Å². The van der Waals surface area contributed by atoms with E-state index >= 15 is 0 Å². The van der Waals surface area contributed by atoms with Crippen LogP contribution in [0.3, 0.4) is 0 Å². The van der Waals surface area contributed by atoms with Gasteiger partial charge in [-0.15, -0.1) is 0 Å². The Hall–Kier alpha value is -2.34. The third-order valence-electron chi connectivity index (χ3n) is 5.85. The monoisotopic (exact) mass is 502 g/mol. The van der Waals surface area contributed by atoms with Gasteiger partial charge in [0.15, 0.2) is 9.84 Å². The molecule has 3 aromatic rings. The molecule has 0 spiro atoms. The van der Waals surface area contributed by atoms with Gasteiger partial charge >= 0.3 is 0 Å². The van der Waals surface area contributed by atoms with Crippen LogP contribution in [0.25, 0.3) is 0 Å². The van der Waals surface area contributed by atoms with Crippen LogP contribution in [0.4, 0.5) is 0 Å². The first-order chi connectivity index (χ1) is 15.7. The highest BCUT2D eigenvalue weighted by Crippen LogP contribution is 2.50. The van der Waals surface area contributed by atoms with Gasteiger partial charge < -0.3 is 4.74 Å². The van der Waals surface area contributed by atoms with Gasteiger partial charge in [-0.2, -0.15) is 0 Å². The maximum absolute atomic E-state index is 12.5. The van der Waals surface area contributed by atoms with Crippen molar-refractivity contribution < 1.29 is 17.9 Å². The molecule has 0 aromatic heterocycles. The molecule has 0 N–H and O–H groups in total. The minimum Gasteiger partial charge on any atom is -0.483 e. The van der Waals surface area contributed by atoms with E-state index in [1.165, 1.54) is 0 Å². The highest BCUT2D eigenvalue weighted by atomic mass is 35.5. The number of hydrogen-bond donors (Lipinski definition) is 0. The zero-order chi connectivity index (χ0) is 23.6. The molecular weight excluding hydrogens is 479 g/mol. The summed E-state index contributed by atoms with van der Waals surface area (Å²) in [6.07, 6.45) is 2.37. The molecular formula is C26H24Cl2O4S. The number of halogens is 2. The number of sulfone groups is 1. The Morgan fingerprint density at radius 2 is 1.45 bits per heavy atom. The van der Waals surface area contributed by atoms with E-state index in [-0.39, 0.29) is 28.5 Å². The first kappa shape index (κ1) is 23.8. The van der Waals surface area contributed by atoms with Crippen LogP contribution in [0.15, 0.2) is 71.6 Å². The van der Waals surface area contributed by atoms with E-state index in [2.05, 4.69) is 0 Å². The van der Waals surface area contributed by atoms with Crippen molar-refractivity contribution in [3.05, 3.63) is 93.5 Å². The lowest BCUT2D eigenvalue weighted by Gasteiger charge is -2.19. The number of carbonyl (C=O) groups excluding carboxylic acids is 1. The van der Waals surface area contributed by atoms with E-state index < -0.39 is 9.84 Å². The summed E-state index contributed by atoms with van der Waals surface area (Å²) < 4.78 is 30.1. The molecule has 1 aliphatic rings.